The zero-order valence-electron chi connectivity index (χ0n) is 11.3. The van der Waals surface area contributed by atoms with E-state index < -0.39 is 5.97 Å². The highest BCUT2D eigenvalue weighted by atomic mass is 16.5. The van der Waals surface area contributed by atoms with Gasteiger partial charge in [-0.25, -0.2) is 0 Å². The number of hydrogen-bond acceptors (Lipinski definition) is 5. The molecule has 1 atom stereocenters. The highest BCUT2D eigenvalue weighted by molar-refractivity contribution is 5.69. The number of nitrogens with two attached hydrogens (primary N) is 1. The van der Waals surface area contributed by atoms with Crippen molar-refractivity contribution in [2.24, 2.45) is 5.73 Å². The molecule has 0 fully saturated rings. The summed E-state index contributed by atoms with van der Waals surface area (Å²) < 4.78 is 15.8. The van der Waals surface area contributed by atoms with Crippen LogP contribution in [-0.4, -0.2) is 38.9 Å². The number of aliphatic carboxylic acids is 1. The van der Waals surface area contributed by atoms with E-state index in [9.17, 15) is 4.79 Å². The van der Waals surface area contributed by atoms with Gasteiger partial charge in [0.1, 0.15) is 0 Å². The van der Waals surface area contributed by atoms with Crippen LogP contribution in [0.3, 0.4) is 0 Å². The van der Waals surface area contributed by atoms with Gasteiger partial charge in [-0.05, 0) is 12.6 Å². The SMILES string of the molecule is COc1ccc(C(CN)CC(=O)O)c(OC)c1OC. The van der Waals surface area contributed by atoms with Crippen molar-refractivity contribution in [2.75, 3.05) is 27.9 Å². The van der Waals surface area contributed by atoms with Crippen molar-refractivity contribution in [3.8, 4) is 17.2 Å². The van der Waals surface area contributed by atoms with Crippen LogP contribution >= 0.6 is 0 Å². The van der Waals surface area contributed by atoms with Gasteiger partial charge in [-0.15, -0.1) is 0 Å². The normalized spacial score (nSPS) is 11.8. The van der Waals surface area contributed by atoms with Crippen LogP contribution in [0.25, 0.3) is 0 Å². The molecule has 1 aromatic rings. The average molecular weight is 269 g/mol. The highest BCUT2D eigenvalue weighted by Crippen LogP contribution is 2.42. The van der Waals surface area contributed by atoms with E-state index in [1.165, 1.54) is 21.3 Å². The molecule has 0 spiro atoms. The standard InChI is InChI=1S/C13H19NO5/c1-17-10-5-4-9(8(7-14)6-11(15)16)12(18-2)13(10)19-3/h4-5,8H,6-7,14H2,1-3H3,(H,15,16). The summed E-state index contributed by atoms with van der Waals surface area (Å²) in [4.78, 5) is 10.9. The van der Waals surface area contributed by atoms with E-state index in [1.54, 1.807) is 12.1 Å². The molecule has 3 N–H and O–H groups in total. The van der Waals surface area contributed by atoms with Crippen LogP contribution < -0.4 is 19.9 Å². The summed E-state index contributed by atoms with van der Waals surface area (Å²) in [5.41, 5.74) is 6.35. The molecule has 1 unspecified atom stereocenters. The van der Waals surface area contributed by atoms with Crippen LogP contribution in [0.4, 0.5) is 0 Å². The van der Waals surface area contributed by atoms with Crippen molar-refractivity contribution in [3.05, 3.63) is 17.7 Å². The molecule has 1 aromatic carbocycles. The number of methoxy groups -OCH3 is 3. The minimum Gasteiger partial charge on any atom is -0.493 e. The first-order chi connectivity index (χ1) is 9.08. The Morgan fingerprint density at radius 2 is 1.84 bits per heavy atom. The number of ether oxygens (including phenoxy) is 3. The van der Waals surface area contributed by atoms with Crippen molar-refractivity contribution in [2.45, 2.75) is 12.3 Å². The molecule has 1 rings (SSSR count). The molecule has 0 amide bonds. The fourth-order valence-electron chi connectivity index (χ4n) is 1.98. The van der Waals surface area contributed by atoms with Crippen molar-refractivity contribution in [3.63, 3.8) is 0 Å². The first-order valence-corrected chi connectivity index (χ1v) is 5.79. The van der Waals surface area contributed by atoms with Gasteiger partial charge in [0.05, 0.1) is 27.8 Å². The molecule has 0 aliphatic heterocycles. The van der Waals surface area contributed by atoms with Crippen molar-refractivity contribution < 1.29 is 24.1 Å². The molecule has 0 saturated carbocycles. The topological polar surface area (TPSA) is 91.0 Å². The minimum atomic E-state index is -0.910. The third-order valence-corrected chi connectivity index (χ3v) is 2.88. The molecule has 0 radical (unpaired) electrons. The largest absolute Gasteiger partial charge is 0.493 e. The zero-order valence-corrected chi connectivity index (χ0v) is 11.3. The lowest BCUT2D eigenvalue weighted by atomic mass is 9.94. The summed E-state index contributed by atoms with van der Waals surface area (Å²) in [7, 11) is 4.52. The van der Waals surface area contributed by atoms with Gasteiger partial charge in [0, 0.05) is 11.5 Å². The molecule has 0 aromatic heterocycles. The van der Waals surface area contributed by atoms with Crippen LogP contribution in [0.15, 0.2) is 12.1 Å². The van der Waals surface area contributed by atoms with Gasteiger partial charge in [0.2, 0.25) is 5.75 Å². The third-order valence-electron chi connectivity index (χ3n) is 2.88. The number of hydrogen-bond donors (Lipinski definition) is 2. The van der Waals surface area contributed by atoms with Crippen LogP contribution in [0.2, 0.25) is 0 Å². The second-order valence-corrected chi connectivity index (χ2v) is 3.95. The number of carbonyl (C=O) groups is 1. The Hall–Kier alpha value is -1.95. The Bertz CT molecular complexity index is 447. The Morgan fingerprint density at radius 3 is 2.26 bits per heavy atom. The second kappa shape index (κ2) is 6.84. The monoisotopic (exact) mass is 269 g/mol. The molecular formula is C13H19NO5. The quantitative estimate of drug-likeness (QED) is 0.773. The van der Waals surface area contributed by atoms with Gasteiger partial charge in [-0.1, -0.05) is 6.07 Å². The van der Waals surface area contributed by atoms with E-state index in [0.717, 1.165) is 0 Å². The maximum Gasteiger partial charge on any atom is 0.304 e. The fourth-order valence-corrected chi connectivity index (χ4v) is 1.98. The van der Waals surface area contributed by atoms with Gasteiger partial charge < -0.3 is 25.1 Å². The lowest BCUT2D eigenvalue weighted by Crippen LogP contribution is -2.17. The van der Waals surface area contributed by atoms with E-state index >= 15 is 0 Å². The first kappa shape index (κ1) is 15.1. The molecular weight excluding hydrogens is 250 g/mol. The summed E-state index contributed by atoms with van der Waals surface area (Å²) in [5.74, 6) is 0.165. The molecule has 0 aliphatic rings. The summed E-state index contributed by atoms with van der Waals surface area (Å²) in [5, 5.41) is 8.91. The minimum absolute atomic E-state index is 0.0671. The fraction of sp³-hybridized carbons (Fsp3) is 0.462. The summed E-state index contributed by atoms with van der Waals surface area (Å²) in [6.07, 6.45) is -0.0671. The first-order valence-electron chi connectivity index (χ1n) is 5.79. The predicted octanol–water partition coefficient (Wildman–Crippen LogP) is 1.23. The Morgan fingerprint density at radius 1 is 1.21 bits per heavy atom. The summed E-state index contributed by atoms with van der Waals surface area (Å²) in [6, 6.07) is 3.46. The van der Waals surface area contributed by atoms with Gasteiger partial charge >= 0.3 is 5.97 Å². The van der Waals surface area contributed by atoms with Crippen LogP contribution in [-0.2, 0) is 4.79 Å². The van der Waals surface area contributed by atoms with Crippen molar-refractivity contribution >= 4 is 5.97 Å². The lowest BCUT2D eigenvalue weighted by molar-refractivity contribution is -0.137. The molecule has 106 valence electrons. The number of carboxylic acid groups (broad SMARTS) is 1. The molecule has 0 bridgehead atoms. The second-order valence-electron chi connectivity index (χ2n) is 3.95. The van der Waals surface area contributed by atoms with E-state index in [4.69, 9.17) is 25.1 Å². The number of carboxylic acids is 1. The lowest BCUT2D eigenvalue weighted by Gasteiger charge is -2.20. The third kappa shape index (κ3) is 3.29. The van der Waals surface area contributed by atoms with Gasteiger partial charge in [0.15, 0.2) is 11.5 Å². The number of benzene rings is 1. The molecule has 0 heterocycles. The maximum absolute atomic E-state index is 10.9. The van der Waals surface area contributed by atoms with E-state index in [-0.39, 0.29) is 18.9 Å². The molecule has 6 nitrogen and oxygen atoms in total. The van der Waals surface area contributed by atoms with E-state index in [1.807, 2.05) is 0 Å². The average Bonchev–Trinajstić information content (AvgIpc) is 2.42. The Labute approximate surface area is 112 Å². The molecule has 0 saturated heterocycles. The summed E-state index contributed by atoms with van der Waals surface area (Å²) in [6.45, 7) is 0.206. The molecule has 6 heteroatoms. The summed E-state index contributed by atoms with van der Waals surface area (Å²) >= 11 is 0. The van der Waals surface area contributed by atoms with E-state index in [0.29, 0.717) is 22.8 Å². The Kier molecular flexibility index (Phi) is 5.44. The zero-order chi connectivity index (χ0) is 14.4. The smallest absolute Gasteiger partial charge is 0.304 e. The van der Waals surface area contributed by atoms with Crippen LogP contribution in [0.1, 0.15) is 17.9 Å². The van der Waals surface area contributed by atoms with E-state index in [2.05, 4.69) is 0 Å². The van der Waals surface area contributed by atoms with Gasteiger partial charge in [-0.2, -0.15) is 0 Å². The van der Waals surface area contributed by atoms with Crippen LogP contribution in [0.5, 0.6) is 17.2 Å². The van der Waals surface area contributed by atoms with Gasteiger partial charge in [-0.3, -0.25) is 4.79 Å². The predicted molar refractivity (Wildman–Crippen MR) is 70.1 cm³/mol. The van der Waals surface area contributed by atoms with Crippen LogP contribution in [0, 0.1) is 0 Å². The highest BCUT2D eigenvalue weighted by Gasteiger charge is 2.23. The Balaban J connectivity index is 3.29. The van der Waals surface area contributed by atoms with Crippen molar-refractivity contribution in [1.82, 2.24) is 0 Å². The molecule has 0 aliphatic carbocycles. The number of rotatable bonds is 7. The maximum atomic E-state index is 10.9. The van der Waals surface area contributed by atoms with Gasteiger partial charge in [0.25, 0.3) is 0 Å². The van der Waals surface area contributed by atoms with Crippen molar-refractivity contribution in [1.29, 1.82) is 0 Å². The molecule has 19 heavy (non-hydrogen) atoms.